The summed E-state index contributed by atoms with van der Waals surface area (Å²) in [5, 5.41) is 9.91. The lowest BCUT2D eigenvalue weighted by atomic mass is 9.92. The van der Waals surface area contributed by atoms with Gasteiger partial charge in [-0.15, -0.1) is 0 Å². The fourth-order valence-corrected chi connectivity index (χ4v) is 3.62. The summed E-state index contributed by atoms with van der Waals surface area (Å²) in [6, 6.07) is 9.18. The van der Waals surface area contributed by atoms with E-state index in [2.05, 4.69) is 0 Å². The number of aryl methyl sites for hydroxylation is 1. The van der Waals surface area contributed by atoms with Gasteiger partial charge in [-0.05, 0) is 47.9 Å². The average Bonchev–Trinajstić information content (AvgIpc) is 3.15. The van der Waals surface area contributed by atoms with Crippen LogP contribution in [0.4, 0.5) is 13.6 Å². The predicted octanol–water partition coefficient (Wildman–Crippen LogP) is 3.80. The molecular formula is C22H20F2N3O2+. The Balaban J connectivity index is 1.78. The molecule has 0 aliphatic carbocycles. The number of carbonyl (C=O) groups excluding carboxylic acids is 1. The fraction of sp³-hybridized carbons (Fsp3) is 0.182. The standard InChI is InChI=1S/C22H19F2N3O2/c1-25-9-10-26(14-25)22(29)27-8-7-15(19-13-17(23)5-6-20(19)24)12-21(27)16-3-2-4-18(28)11-16/h2-6,9-14,21H,7-8H2,1H3/p+1. The van der Waals surface area contributed by atoms with E-state index in [1.54, 1.807) is 58.5 Å². The van der Waals surface area contributed by atoms with E-state index in [4.69, 9.17) is 0 Å². The van der Waals surface area contributed by atoms with E-state index in [-0.39, 0.29) is 17.3 Å². The van der Waals surface area contributed by atoms with Crippen molar-refractivity contribution in [2.75, 3.05) is 6.54 Å². The van der Waals surface area contributed by atoms with E-state index in [9.17, 15) is 18.7 Å². The summed E-state index contributed by atoms with van der Waals surface area (Å²) < 4.78 is 31.3. The summed E-state index contributed by atoms with van der Waals surface area (Å²) in [7, 11) is 1.82. The van der Waals surface area contributed by atoms with Gasteiger partial charge in [-0.2, -0.15) is 4.57 Å². The summed E-state index contributed by atoms with van der Waals surface area (Å²) in [6.07, 6.45) is 7.22. The van der Waals surface area contributed by atoms with Crippen LogP contribution in [0.2, 0.25) is 0 Å². The van der Waals surface area contributed by atoms with Crippen LogP contribution in [0.25, 0.3) is 5.57 Å². The molecule has 1 N–H and O–H groups in total. The van der Waals surface area contributed by atoms with Gasteiger partial charge in [-0.1, -0.05) is 18.2 Å². The van der Waals surface area contributed by atoms with Gasteiger partial charge in [0.15, 0.2) is 0 Å². The van der Waals surface area contributed by atoms with Gasteiger partial charge in [0.25, 0.3) is 6.33 Å². The number of imidazole rings is 1. The van der Waals surface area contributed by atoms with Crippen LogP contribution in [0.3, 0.4) is 0 Å². The first-order valence-corrected chi connectivity index (χ1v) is 9.21. The first-order chi connectivity index (χ1) is 13.9. The van der Waals surface area contributed by atoms with Crippen LogP contribution in [-0.2, 0) is 7.05 Å². The molecule has 2 heterocycles. The molecule has 0 radical (unpaired) electrons. The summed E-state index contributed by atoms with van der Waals surface area (Å²) in [5.74, 6) is -0.959. The highest BCUT2D eigenvalue weighted by Crippen LogP contribution is 2.36. The number of hydrogen-bond donors (Lipinski definition) is 1. The van der Waals surface area contributed by atoms with Crippen LogP contribution in [0, 0.1) is 11.6 Å². The number of carbonyl (C=O) groups is 1. The molecular weight excluding hydrogens is 376 g/mol. The zero-order valence-electron chi connectivity index (χ0n) is 15.8. The van der Waals surface area contributed by atoms with Crippen molar-refractivity contribution in [2.24, 2.45) is 7.05 Å². The number of nitrogens with zero attached hydrogens (tertiary/aromatic N) is 3. The minimum absolute atomic E-state index is 0.0692. The summed E-state index contributed by atoms with van der Waals surface area (Å²) in [4.78, 5) is 14.7. The van der Waals surface area contributed by atoms with E-state index in [0.717, 1.165) is 12.1 Å². The van der Waals surface area contributed by atoms with Gasteiger partial charge < -0.3 is 5.11 Å². The minimum atomic E-state index is -0.534. The molecule has 0 bridgehead atoms. The van der Waals surface area contributed by atoms with Gasteiger partial charge in [0.1, 0.15) is 29.8 Å². The number of aromatic hydroxyl groups is 1. The lowest BCUT2D eigenvalue weighted by Gasteiger charge is -2.33. The SMILES string of the molecule is C[n+]1ccn(C(=O)N2CCC(c3cc(F)ccc3F)=CC2c2cccc(O)c2)c1. The molecule has 29 heavy (non-hydrogen) atoms. The summed E-state index contributed by atoms with van der Waals surface area (Å²) >= 11 is 0. The number of aromatic nitrogens is 2. The first-order valence-electron chi connectivity index (χ1n) is 9.21. The highest BCUT2D eigenvalue weighted by Gasteiger charge is 2.32. The largest absolute Gasteiger partial charge is 0.508 e. The van der Waals surface area contributed by atoms with Crippen molar-refractivity contribution in [3.63, 3.8) is 0 Å². The number of amides is 1. The van der Waals surface area contributed by atoms with Gasteiger partial charge in [0.2, 0.25) is 0 Å². The number of phenolic OH excluding ortho intramolecular Hbond substituents is 1. The predicted molar refractivity (Wildman–Crippen MR) is 103 cm³/mol. The van der Waals surface area contributed by atoms with Crippen LogP contribution >= 0.6 is 0 Å². The summed E-state index contributed by atoms with van der Waals surface area (Å²) in [6.45, 7) is 0.322. The molecule has 1 aliphatic rings. The Morgan fingerprint density at radius 1 is 1.21 bits per heavy atom. The molecule has 148 valence electrons. The van der Waals surface area contributed by atoms with E-state index in [0.29, 0.717) is 24.1 Å². The van der Waals surface area contributed by atoms with Crippen molar-refractivity contribution in [1.82, 2.24) is 9.47 Å². The van der Waals surface area contributed by atoms with E-state index < -0.39 is 17.7 Å². The fourth-order valence-electron chi connectivity index (χ4n) is 3.62. The smallest absolute Gasteiger partial charge is 0.416 e. The Morgan fingerprint density at radius 2 is 2.03 bits per heavy atom. The molecule has 0 saturated heterocycles. The topological polar surface area (TPSA) is 49.3 Å². The molecule has 0 fully saturated rings. The monoisotopic (exact) mass is 396 g/mol. The second kappa shape index (κ2) is 7.50. The third kappa shape index (κ3) is 3.76. The molecule has 7 heteroatoms. The highest BCUT2D eigenvalue weighted by atomic mass is 19.1. The Hall–Kier alpha value is -3.48. The second-order valence-corrected chi connectivity index (χ2v) is 7.07. The van der Waals surface area contributed by atoms with Crippen LogP contribution in [0.5, 0.6) is 5.75 Å². The molecule has 1 atom stereocenters. The van der Waals surface area contributed by atoms with Crippen molar-refractivity contribution >= 4 is 11.6 Å². The number of hydrogen-bond acceptors (Lipinski definition) is 2. The van der Waals surface area contributed by atoms with Crippen molar-refractivity contribution in [3.05, 3.63) is 90.0 Å². The van der Waals surface area contributed by atoms with E-state index in [1.165, 1.54) is 10.6 Å². The van der Waals surface area contributed by atoms with Gasteiger partial charge in [0, 0.05) is 12.1 Å². The average molecular weight is 396 g/mol. The Labute approximate surface area is 166 Å². The molecule has 1 unspecified atom stereocenters. The molecule has 1 amide bonds. The molecule has 0 spiro atoms. The Kier molecular flexibility index (Phi) is 4.88. The molecule has 0 saturated carbocycles. The van der Waals surface area contributed by atoms with Crippen molar-refractivity contribution < 1.29 is 23.2 Å². The highest BCUT2D eigenvalue weighted by molar-refractivity contribution is 5.79. The lowest BCUT2D eigenvalue weighted by Crippen LogP contribution is -2.40. The maximum Gasteiger partial charge on any atom is 0.416 e. The minimum Gasteiger partial charge on any atom is -0.508 e. The van der Waals surface area contributed by atoms with Gasteiger partial charge in [-0.25, -0.2) is 18.1 Å². The van der Waals surface area contributed by atoms with E-state index >= 15 is 0 Å². The molecule has 2 aromatic carbocycles. The number of halogens is 2. The number of phenols is 1. The Morgan fingerprint density at radius 3 is 2.76 bits per heavy atom. The van der Waals surface area contributed by atoms with Gasteiger partial charge in [-0.3, -0.25) is 4.90 Å². The third-order valence-corrected chi connectivity index (χ3v) is 5.04. The second-order valence-electron chi connectivity index (χ2n) is 7.07. The van der Waals surface area contributed by atoms with Gasteiger partial charge in [0.05, 0.1) is 13.1 Å². The maximum absolute atomic E-state index is 14.3. The van der Waals surface area contributed by atoms with Crippen LogP contribution in [0.1, 0.15) is 23.6 Å². The number of benzene rings is 2. The lowest BCUT2D eigenvalue weighted by molar-refractivity contribution is -0.670. The van der Waals surface area contributed by atoms with E-state index in [1.807, 2.05) is 7.05 Å². The van der Waals surface area contributed by atoms with Crippen LogP contribution < -0.4 is 4.57 Å². The molecule has 4 rings (SSSR count). The maximum atomic E-state index is 14.3. The third-order valence-electron chi connectivity index (χ3n) is 5.04. The first kappa shape index (κ1) is 18.9. The zero-order chi connectivity index (χ0) is 20.5. The molecule has 3 aromatic rings. The van der Waals surface area contributed by atoms with Crippen molar-refractivity contribution in [3.8, 4) is 5.75 Å². The molecule has 1 aromatic heterocycles. The number of rotatable bonds is 2. The zero-order valence-corrected chi connectivity index (χ0v) is 15.8. The molecule has 1 aliphatic heterocycles. The summed E-state index contributed by atoms with van der Waals surface area (Å²) in [5.41, 5.74) is 1.50. The van der Waals surface area contributed by atoms with Crippen LogP contribution in [-0.4, -0.2) is 27.1 Å². The van der Waals surface area contributed by atoms with Crippen LogP contribution in [0.15, 0.2) is 67.3 Å². The quantitative estimate of drug-likeness (QED) is 0.670. The Bertz CT molecular complexity index is 1110. The molecule has 5 nitrogen and oxygen atoms in total. The van der Waals surface area contributed by atoms with Crippen molar-refractivity contribution in [1.29, 1.82) is 0 Å². The van der Waals surface area contributed by atoms with Gasteiger partial charge >= 0.3 is 6.03 Å². The van der Waals surface area contributed by atoms with Crippen molar-refractivity contribution in [2.45, 2.75) is 12.5 Å². The normalized spacial score (nSPS) is 16.6.